The van der Waals surface area contributed by atoms with Crippen molar-refractivity contribution in [3.63, 3.8) is 0 Å². The van der Waals surface area contributed by atoms with E-state index >= 15 is 0 Å². The summed E-state index contributed by atoms with van der Waals surface area (Å²) < 4.78 is 0. The normalized spacial score (nSPS) is 10.5. The van der Waals surface area contributed by atoms with Crippen molar-refractivity contribution in [3.05, 3.63) is 77.3 Å². The molecule has 0 unspecified atom stereocenters. The first-order valence-corrected chi connectivity index (χ1v) is 5.93. The molecule has 0 saturated heterocycles. The van der Waals surface area contributed by atoms with Gasteiger partial charge < -0.3 is 5.32 Å². The average molecular weight is 224 g/mol. The molecular weight excluding hydrogens is 206 g/mol. The monoisotopic (exact) mass is 224 g/mol. The van der Waals surface area contributed by atoms with E-state index in [0.29, 0.717) is 0 Å². The first-order chi connectivity index (χ1) is 8.25. The van der Waals surface area contributed by atoms with Crippen molar-refractivity contribution in [1.82, 2.24) is 5.32 Å². The molecule has 0 aliphatic heterocycles. The minimum atomic E-state index is 0.877. The van der Waals surface area contributed by atoms with E-state index in [1.165, 1.54) is 22.3 Å². The molecular formula is C16H18N. The third-order valence-electron chi connectivity index (χ3n) is 2.87. The number of benzene rings is 2. The maximum atomic E-state index is 3.36. The number of hydrogen-bond donors (Lipinski definition) is 1. The lowest BCUT2D eigenvalue weighted by Crippen LogP contribution is -2.11. The fourth-order valence-electron chi connectivity index (χ4n) is 1.82. The van der Waals surface area contributed by atoms with Crippen LogP contribution in [0.5, 0.6) is 0 Å². The summed E-state index contributed by atoms with van der Waals surface area (Å²) in [5, 5.41) is 3.36. The van der Waals surface area contributed by atoms with E-state index in [4.69, 9.17) is 0 Å². The van der Waals surface area contributed by atoms with Crippen LogP contribution in [0.25, 0.3) is 0 Å². The first-order valence-electron chi connectivity index (χ1n) is 5.93. The van der Waals surface area contributed by atoms with E-state index in [1.54, 1.807) is 0 Å². The molecule has 0 amide bonds. The molecule has 17 heavy (non-hydrogen) atoms. The Morgan fingerprint density at radius 2 is 1.76 bits per heavy atom. The van der Waals surface area contributed by atoms with Crippen LogP contribution >= 0.6 is 0 Å². The van der Waals surface area contributed by atoms with E-state index in [2.05, 4.69) is 56.0 Å². The molecule has 87 valence electrons. The zero-order valence-corrected chi connectivity index (χ0v) is 10.4. The van der Waals surface area contributed by atoms with Crippen LogP contribution in [-0.2, 0) is 6.54 Å². The summed E-state index contributed by atoms with van der Waals surface area (Å²) in [6, 6.07) is 16.9. The molecule has 0 aliphatic rings. The summed E-state index contributed by atoms with van der Waals surface area (Å²) >= 11 is 0. The van der Waals surface area contributed by atoms with Crippen LogP contribution < -0.4 is 5.32 Å². The van der Waals surface area contributed by atoms with Crippen molar-refractivity contribution in [2.45, 2.75) is 20.4 Å². The second kappa shape index (κ2) is 5.65. The van der Waals surface area contributed by atoms with Gasteiger partial charge in [0, 0.05) is 6.54 Å². The van der Waals surface area contributed by atoms with Crippen molar-refractivity contribution < 1.29 is 0 Å². The zero-order valence-electron chi connectivity index (χ0n) is 10.4. The van der Waals surface area contributed by atoms with E-state index in [9.17, 15) is 0 Å². The smallest absolute Gasteiger partial charge is 0.0521 e. The SMILES string of the molecule is Cc1ccc(C)c(CN[CH]c2ccccc2)c1. The molecule has 0 fully saturated rings. The van der Waals surface area contributed by atoms with Gasteiger partial charge in [0.15, 0.2) is 0 Å². The largest absolute Gasteiger partial charge is 0.304 e. The van der Waals surface area contributed by atoms with Gasteiger partial charge in [-0.3, -0.25) is 0 Å². The second-order valence-electron chi connectivity index (χ2n) is 4.37. The van der Waals surface area contributed by atoms with Crippen molar-refractivity contribution in [3.8, 4) is 0 Å². The van der Waals surface area contributed by atoms with Gasteiger partial charge >= 0.3 is 0 Å². The van der Waals surface area contributed by atoms with Gasteiger partial charge in [-0.15, -0.1) is 0 Å². The van der Waals surface area contributed by atoms with Gasteiger partial charge in [-0.2, -0.15) is 0 Å². The number of rotatable bonds is 4. The topological polar surface area (TPSA) is 12.0 Å². The third-order valence-corrected chi connectivity index (χ3v) is 2.87. The van der Waals surface area contributed by atoms with Crippen LogP contribution in [0.1, 0.15) is 22.3 Å². The molecule has 2 aromatic rings. The van der Waals surface area contributed by atoms with E-state index in [0.717, 1.165) is 6.54 Å². The third kappa shape index (κ3) is 3.43. The van der Waals surface area contributed by atoms with E-state index in [1.807, 2.05) is 18.2 Å². The van der Waals surface area contributed by atoms with Gasteiger partial charge in [-0.1, -0.05) is 54.1 Å². The predicted octanol–water partition coefficient (Wildman–Crippen LogP) is 3.60. The Morgan fingerprint density at radius 1 is 1.00 bits per heavy atom. The summed E-state index contributed by atoms with van der Waals surface area (Å²) in [5.41, 5.74) is 5.21. The molecule has 0 saturated carbocycles. The summed E-state index contributed by atoms with van der Waals surface area (Å²) in [5.74, 6) is 0. The lowest BCUT2D eigenvalue weighted by Gasteiger charge is -2.08. The Labute approximate surface area is 103 Å². The number of aryl methyl sites for hydroxylation is 2. The summed E-state index contributed by atoms with van der Waals surface area (Å²) in [6.45, 7) is 7.22. The molecule has 1 radical (unpaired) electrons. The Balaban J connectivity index is 1.92. The van der Waals surface area contributed by atoms with Crippen LogP contribution in [0.4, 0.5) is 0 Å². The van der Waals surface area contributed by atoms with Crippen molar-refractivity contribution in [1.29, 1.82) is 0 Å². The molecule has 1 nitrogen and oxygen atoms in total. The molecule has 2 aromatic carbocycles. The van der Waals surface area contributed by atoms with E-state index < -0.39 is 0 Å². The zero-order chi connectivity index (χ0) is 12.1. The van der Waals surface area contributed by atoms with Crippen LogP contribution in [0.2, 0.25) is 0 Å². The Kier molecular flexibility index (Phi) is 3.94. The van der Waals surface area contributed by atoms with Gasteiger partial charge in [-0.25, -0.2) is 0 Å². The number of nitrogens with one attached hydrogen (secondary N) is 1. The lowest BCUT2D eigenvalue weighted by molar-refractivity contribution is 0.812. The molecule has 0 heterocycles. The standard InChI is InChI=1S/C16H18N/c1-13-8-9-14(2)16(10-13)12-17-11-15-6-4-3-5-7-15/h3-11,17H,12H2,1-2H3. The fraction of sp³-hybridized carbons (Fsp3) is 0.188. The average Bonchev–Trinajstić information content (AvgIpc) is 2.35. The van der Waals surface area contributed by atoms with Crippen molar-refractivity contribution in [2.75, 3.05) is 0 Å². The summed E-state index contributed by atoms with van der Waals surface area (Å²) in [6.07, 6.45) is 0. The minimum absolute atomic E-state index is 0.877. The molecule has 0 bridgehead atoms. The van der Waals surface area contributed by atoms with Gasteiger partial charge in [0.05, 0.1) is 6.54 Å². The first kappa shape index (κ1) is 11.9. The predicted molar refractivity (Wildman–Crippen MR) is 72.6 cm³/mol. The lowest BCUT2D eigenvalue weighted by atomic mass is 10.1. The molecule has 0 spiro atoms. The van der Waals surface area contributed by atoms with Gasteiger partial charge in [0.25, 0.3) is 0 Å². The number of hydrogen-bond acceptors (Lipinski definition) is 1. The van der Waals surface area contributed by atoms with Crippen molar-refractivity contribution >= 4 is 0 Å². The highest BCUT2D eigenvalue weighted by Crippen LogP contribution is 2.10. The highest BCUT2D eigenvalue weighted by molar-refractivity contribution is 5.31. The minimum Gasteiger partial charge on any atom is -0.304 e. The van der Waals surface area contributed by atoms with Gasteiger partial charge in [-0.05, 0) is 30.5 Å². The highest BCUT2D eigenvalue weighted by Gasteiger charge is 1.98. The summed E-state index contributed by atoms with van der Waals surface area (Å²) in [4.78, 5) is 0. The van der Waals surface area contributed by atoms with Crippen molar-refractivity contribution in [2.24, 2.45) is 0 Å². The van der Waals surface area contributed by atoms with Crippen LogP contribution in [0.15, 0.2) is 48.5 Å². The van der Waals surface area contributed by atoms with E-state index in [-0.39, 0.29) is 0 Å². The molecule has 2 rings (SSSR count). The fourth-order valence-corrected chi connectivity index (χ4v) is 1.82. The maximum Gasteiger partial charge on any atom is 0.0521 e. The second-order valence-corrected chi connectivity index (χ2v) is 4.37. The molecule has 1 N–H and O–H groups in total. The van der Waals surface area contributed by atoms with Gasteiger partial charge in [0.1, 0.15) is 0 Å². The molecule has 0 aromatic heterocycles. The Morgan fingerprint density at radius 3 is 2.53 bits per heavy atom. The molecule has 0 aliphatic carbocycles. The highest BCUT2D eigenvalue weighted by atomic mass is 14.8. The van der Waals surface area contributed by atoms with Crippen LogP contribution in [-0.4, -0.2) is 0 Å². The Hall–Kier alpha value is -1.60. The molecule has 1 heteroatoms. The van der Waals surface area contributed by atoms with Crippen LogP contribution in [0, 0.1) is 20.4 Å². The molecule has 0 atom stereocenters. The van der Waals surface area contributed by atoms with Crippen LogP contribution in [0.3, 0.4) is 0 Å². The summed E-state index contributed by atoms with van der Waals surface area (Å²) in [7, 11) is 0. The van der Waals surface area contributed by atoms with Gasteiger partial charge in [0.2, 0.25) is 0 Å². The quantitative estimate of drug-likeness (QED) is 0.836. The maximum absolute atomic E-state index is 3.36. The Bertz CT molecular complexity index is 474.